The van der Waals surface area contributed by atoms with E-state index in [2.05, 4.69) is 5.32 Å². The molecule has 17 heavy (non-hydrogen) atoms. The third-order valence-corrected chi connectivity index (χ3v) is 2.55. The molecule has 0 radical (unpaired) electrons. The van der Waals surface area contributed by atoms with Gasteiger partial charge >= 0.3 is 0 Å². The van der Waals surface area contributed by atoms with Gasteiger partial charge < -0.3 is 20.5 Å². The number of rotatable bonds is 4. The second-order valence-corrected chi connectivity index (χ2v) is 3.84. The smallest absolute Gasteiger partial charge is 0.265 e. The molecular weight excluding hydrogens is 220 g/mol. The second kappa shape index (κ2) is 5.05. The minimum atomic E-state index is -0.488. The zero-order chi connectivity index (χ0) is 12.3. The minimum Gasteiger partial charge on any atom is -0.478 e. The average molecular weight is 236 g/mol. The number of carbonyl (C=O) groups excluding carboxylic acids is 1. The number of hydrogen-bond acceptors (Lipinski definition) is 4. The molecule has 0 fully saturated rings. The molecule has 0 saturated heterocycles. The van der Waals surface area contributed by atoms with Crippen LogP contribution in [0.25, 0.3) is 0 Å². The first-order valence-electron chi connectivity index (χ1n) is 5.65. The van der Waals surface area contributed by atoms with E-state index >= 15 is 0 Å². The van der Waals surface area contributed by atoms with Crippen molar-refractivity contribution < 1.29 is 14.3 Å². The molecule has 5 heteroatoms. The summed E-state index contributed by atoms with van der Waals surface area (Å²) in [6.45, 7) is 3.07. The van der Waals surface area contributed by atoms with Crippen molar-refractivity contribution in [2.75, 3.05) is 24.3 Å². The Morgan fingerprint density at radius 3 is 3.12 bits per heavy atom. The minimum absolute atomic E-state index is 0.150. The highest BCUT2D eigenvalue weighted by Gasteiger charge is 2.27. The van der Waals surface area contributed by atoms with Crippen LogP contribution in [-0.4, -0.2) is 25.2 Å². The molecule has 0 bridgehead atoms. The van der Waals surface area contributed by atoms with E-state index in [1.54, 1.807) is 18.2 Å². The number of benzene rings is 1. The Balaban J connectivity index is 2.05. The molecule has 5 nitrogen and oxygen atoms in total. The van der Waals surface area contributed by atoms with E-state index in [1.165, 1.54) is 0 Å². The molecule has 0 spiro atoms. The first-order chi connectivity index (χ1) is 8.20. The maximum atomic E-state index is 11.7. The Morgan fingerprint density at radius 2 is 2.35 bits per heavy atom. The molecular formula is C12H16N2O3. The molecule has 1 aliphatic heterocycles. The van der Waals surface area contributed by atoms with Crippen LogP contribution in [0.3, 0.4) is 0 Å². The van der Waals surface area contributed by atoms with Gasteiger partial charge in [-0.15, -0.1) is 0 Å². The fourth-order valence-electron chi connectivity index (χ4n) is 1.69. The predicted octanol–water partition coefficient (Wildman–Crippen LogP) is 1.39. The zero-order valence-corrected chi connectivity index (χ0v) is 9.73. The largest absolute Gasteiger partial charge is 0.478 e. The van der Waals surface area contributed by atoms with Crippen LogP contribution in [0.2, 0.25) is 0 Å². The summed E-state index contributed by atoms with van der Waals surface area (Å²) in [7, 11) is 0. The highest BCUT2D eigenvalue weighted by atomic mass is 16.5. The van der Waals surface area contributed by atoms with Crippen LogP contribution < -0.4 is 15.8 Å². The van der Waals surface area contributed by atoms with E-state index in [0.717, 1.165) is 0 Å². The summed E-state index contributed by atoms with van der Waals surface area (Å²) < 4.78 is 10.8. The molecule has 1 aromatic carbocycles. The normalized spacial score (nSPS) is 18.2. The Bertz CT molecular complexity index is 420. The van der Waals surface area contributed by atoms with Crippen molar-refractivity contribution in [1.82, 2.24) is 0 Å². The van der Waals surface area contributed by atoms with Crippen molar-refractivity contribution >= 4 is 17.3 Å². The van der Waals surface area contributed by atoms with Crippen molar-refractivity contribution in [3.63, 3.8) is 0 Å². The van der Waals surface area contributed by atoms with Crippen LogP contribution in [0.1, 0.15) is 13.3 Å². The molecule has 1 aromatic rings. The molecule has 2 rings (SSSR count). The molecule has 92 valence electrons. The van der Waals surface area contributed by atoms with Crippen LogP contribution in [0, 0.1) is 0 Å². The van der Waals surface area contributed by atoms with Gasteiger partial charge in [-0.2, -0.15) is 0 Å². The van der Waals surface area contributed by atoms with Crippen molar-refractivity contribution in [3.8, 4) is 5.75 Å². The lowest BCUT2D eigenvalue weighted by Gasteiger charge is -2.25. The molecule has 1 aliphatic rings. The maximum Gasteiger partial charge on any atom is 0.265 e. The van der Waals surface area contributed by atoms with Gasteiger partial charge in [-0.05, 0) is 25.1 Å². The number of hydrogen-bond donors (Lipinski definition) is 2. The summed E-state index contributed by atoms with van der Waals surface area (Å²) in [4.78, 5) is 11.7. The maximum absolute atomic E-state index is 11.7. The summed E-state index contributed by atoms with van der Waals surface area (Å²) >= 11 is 0. The fourth-order valence-corrected chi connectivity index (χ4v) is 1.69. The topological polar surface area (TPSA) is 73.6 Å². The van der Waals surface area contributed by atoms with E-state index in [9.17, 15) is 4.79 Å². The number of nitrogens with one attached hydrogen (secondary N) is 1. The number of amides is 1. The van der Waals surface area contributed by atoms with E-state index < -0.39 is 6.10 Å². The van der Waals surface area contributed by atoms with Gasteiger partial charge in [0, 0.05) is 18.7 Å². The van der Waals surface area contributed by atoms with Crippen molar-refractivity contribution in [2.45, 2.75) is 19.4 Å². The Morgan fingerprint density at radius 1 is 1.53 bits per heavy atom. The monoisotopic (exact) mass is 236 g/mol. The first kappa shape index (κ1) is 11.7. The average Bonchev–Trinajstić information content (AvgIpc) is 2.30. The van der Waals surface area contributed by atoms with Gasteiger partial charge in [0.1, 0.15) is 5.75 Å². The number of carbonyl (C=O) groups is 1. The fraction of sp³-hybridized carbons (Fsp3) is 0.417. The van der Waals surface area contributed by atoms with Gasteiger partial charge in [-0.3, -0.25) is 4.79 Å². The van der Waals surface area contributed by atoms with Crippen LogP contribution in [0.4, 0.5) is 11.4 Å². The summed E-state index contributed by atoms with van der Waals surface area (Å²) in [6.07, 6.45) is 0.0569. The van der Waals surface area contributed by atoms with Gasteiger partial charge in [-0.1, -0.05) is 0 Å². The van der Waals surface area contributed by atoms with Gasteiger partial charge in [-0.25, -0.2) is 0 Å². The van der Waals surface area contributed by atoms with Crippen LogP contribution >= 0.6 is 0 Å². The number of ether oxygens (including phenoxy) is 2. The molecule has 1 amide bonds. The third kappa shape index (κ3) is 2.68. The number of fused-ring (bicyclic) bond motifs is 1. The quantitative estimate of drug-likeness (QED) is 0.612. The molecule has 1 atom stereocenters. The molecule has 0 saturated carbocycles. The lowest BCUT2D eigenvalue weighted by Crippen LogP contribution is -2.37. The summed E-state index contributed by atoms with van der Waals surface area (Å²) in [5, 5.41) is 2.78. The SMILES string of the molecule is CCOCCC1Oc2ccc(N)cc2NC1=O. The van der Waals surface area contributed by atoms with E-state index in [1.807, 2.05) is 6.92 Å². The number of anilines is 2. The number of nitrogens with two attached hydrogens (primary N) is 1. The van der Waals surface area contributed by atoms with E-state index in [4.69, 9.17) is 15.2 Å². The lowest BCUT2D eigenvalue weighted by atomic mass is 10.1. The van der Waals surface area contributed by atoms with Crippen LogP contribution in [0.15, 0.2) is 18.2 Å². The van der Waals surface area contributed by atoms with Crippen molar-refractivity contribution in [3.05, 3.63) is 18.2 Å². The van der Waals surface area contributed by atoms with Crippen molar-refractivity contribution in [2.24, 2.45) is 0 Å². The summed E-state index contributed by atoms with van der Waals surface area (Å²) in [6, 6.07) is 5.19. The van der Waals surface area contributed by atoms with E-state index in [-0.39, 0.29) is 5.91 Å². The Labute approximate surface area is 99.9 Å². The molecule has 1 unspecified atom stereocenters. The van der Waals surface area contributed by atoms with Gasteiger partial charge in [0.25, 0.3) is 5.91 Å². The van der Waals surface area contributed by atoms with Gasteiger partial charge in [0.05, 0.1) is 12.3 Å². The summed E-state index contributed by atoms with van der Waals surface area (Å²) in [5.41, 5.74) is 6.86. The van der Waals surface area contributed by atoms with E-state index in [0.29, 0.717) is 36.8 Å². The Hall–Kier alpha value is -1.75. The third-order valence-electron chi connectivity index (χ3n) is 2.55. The van der Waals surface area contributed by atoms with Crippen molar-refractivity contribution in [1.29, 1.82) is 0 Å². The second-order valence-electron chi connectivity index (χ2n) is 3.84. The first-order valence-corrected chi connectivity index (χ1v) is 5.65. The molecule has 0 aliphatic carbocycles. The van der Waals surface area contributed by atoms with Crippen LogP contribution in [0.5, 0.6) is 5.75 Å². The van der Waals surface area contributed by atoms with Crippen LogP contribution in [-0.2, 0) is 9.53 Å². The standard InChI is InChI=1S/C12H16N2O3/c1-2-16-6-5-11-12(15)14-9-7-8(13)3-4-10(9)17-11/h3-4,7,11H,2,5-6,13H2,1H3,(H,14,15). The van der Waals surface area contributed by atoms with Gasteiger partial charge in [0.2, 0.25) is 0 Å². The highest BCUT2D eigenvalue weighted by Crippen LogP contribution is 2.31. The number of nitrogen functional groups attached to an aromatic ring is 1. The highest BCUT2D eigenvalue weighted by molar-refractivity contribution is 5.98. The molecule has 0 aromatic heterocycles. The zero-order valence-electron chi connectivity index (χ0n) is 9.73. The molecule has 3 N–H and O–H groups in total. The summed E-state index contributed by atoms with van der Waals surface area (Å²) in [5.74, 6) is 0.503. The van der Waals surface area contributed by atoms with Gasteiger partial charge in [0.15, 0.2) is 6.10 Å². The molecule has 1 heterocycles. The Kier molecular flexibility index (Phi) is 3.49. The lowest BCUT2D eigenvalue weighted by molar-refractivity contribution is -0.124. The predicted molar refractivity (Wildman–Crippen MR) is 65.0 cm³/mol.